The number of aliphatic hydroxyl groups is 1. The molecule has 3 N–H and O–H groups in total. The Morgan fingerprint density at radius 1 is 1.63 bits per heavy atom. The van der Waals surface area contributed by atoms with Crippen molar-refractivity contribution in [3.63, 3.8) is 0 Å². The number of aromatic amines is 1. The topological polar surface area (TPSA) is 133 Å². The summed E-state index contributed by atoms with van der Waals surface area (Å²) in [4.78, 5) is 10.9. The van der Waals surface area contributed by atoms with Gasteiger partial charge < -0.3 is 14.9 Å². The molecule has 1 aromatic rings. The van der Waals surface area contributed by atoms with Crippen LogP contribution in [0, 0.1) is 0 Å². The molecule has 1 unspecified atom stereocenters. The Kier molecular flexibility index (Phi) is 3.85. The monoisotopic (exact) mass is 291 g/mol. The number of hydrogen-bond acceptors (Lipinski definition) is 6. The highest BCUT2D eigenvalue weighted by Crippen LogP contribution is 2.20. The van der Waals surface area contributed by atoms with Crippen LogP contribution in [0.3, 0.4) is 0 Å². The summed E-state index contributed by atoms with van der Waals surface area (Å²) in [6.45, 7) is -0.102. The van der Waals surface area contributed by atoms with E-state index in [4.69, 9.17) is 14.9 Å². The molecule has 2 heterocycles. The van der Waals surface area contributed by atoms with E-state index in [1.165, 1.54) is 0 Å². The Hall–Kier alpha value is -1.49. The number of rotatable bonds is 4. The number of carboxylic acid groups (broad SMARTS) is 1. The van der Waals surface area contributed by atoms with Crippen LogP contribution in [0.2, 0.25) is 0 Å². The molecular formula is C9H13N3O6S. The summed E-state index contributed by atoms with van der Waals surface area (Å²) in [6.07, 6.45) is 0.332. The van der Waals surface area contributed by atoms with Crippen molar-refractivity contribution in [2.75, 3.05) is 26.3 Å². The third kappa shape index (κ3) is 2.61. The van der Waals surface area contributed by atoms with Crippen LogP contribution in [-0.2, 0) is 14.8 Å². The molecule has 0 radical (unpaired) electrons. The molecule has 0 bridgehead atoms. The van der Waals surface area contributed by atoms with Crippen LogP contribution >= 0.6 is 0 Å². The maximum absolute atomic E-state index is 12.3. The van der Waals surface area contributed by atoms with Crippen molar-refractivity contribution in [2.45, 2.75) is 11.1 Å². The molecule has 10 heteroatoms. The second kappa shape index (κ2) is 5.25. The standard InChI is InChI=1S/C9H13N3O6S/c13-5-6-4-12(1-2-18-6)19(16,17)8-7(9(14)15)3-10-11-8/h3,6,13H,1-2,4-5H2,(H,10,11)(H,14,15). The van der Waals surface area contributed by atoms with Crippen molar-refractivity contribution in [3.8, 4) is 0 Å². The van der Waals surface area contributed by atoms with Gasteiger partial charge in [0.05, 0.1) is 25.5 Å². The lowest BCUT2D eigenvalue weighted by atomic mass is 10.3. The molecule has 1 saturated heterocycles. The van der Waals surface area contributed by atoms with Gasteiger partial charge in [-0.05, 0) is 0 Å². The van der Waals surface area contributed by atoms with E-state index >= 15 is 0 Å². The first-order valence-electron chi connectivity index (χ1n) is 5.46. The largest absolute Gasteiger partial charge is 0.478 e. The first kappa shape index (κ1) is 13.9. The number of hydrogen-bond donors (Lipinski definition) is 3. The van der Waals surface area contributed by atoms with Crippen LogP contribution in [-0.4, -0.2) is 71.5 Å². The Bertz CT molecular complexity index is 568. The fourth-order valence-electron chi connectivity index (χ4n) is 1.77. The van der Waals surface area contributed by atoms with Crippen LogP contribution in [0.15, 0.2) is 11.2 Å². The molecule has 0 aliphatic carbocycles. The number of ether oxygens (including phenoxy) is 1. The zero-order chi connectivity index (χ0) is 14.0. The molecule has 1 aliphatic rings. The van der Waals surface area contributed by atoms with Gasteiger partial charge in [-0.3, -0.25) is 5.10 Å². The Labute approximate surface area is 108 Å². The van der Waals surface area contributed by atoms with Crippen molar-refractivity contribution in [1.82, 2.24) is 14.5 Å². The molecule has 1 atom stereocenters. The summed E-state index contributed by atoms with van der Waals surface area (Å²) >= 11 is 0. The summed E-state index contributed by atoms with van der Waals surface area (Å²) in [7, 11) is -3.99. The second-order valence-electron chi connectivity index (χ2n) is 3.96. The molecule has 1 aromatic heterocycles. The lowest BCUT2D eigenvalue weighted by Gasteiger charge is -2.30. The summed E-state index contributed by atoms with van der Waals surface area (Å²) in [5.41, 5.74) is -0.410. The Morgan fingerprint density at radius 2 is 2.37 bits per heavy atom. The molecule has 0 saturated carbocycles. The predicted octanol–water partition coefficient (Wildman–Crippen LogP) is -1.51. The highest BCUT2D eigenvalue weighted by Gasteiger charge is 2.34. The van der Waals surface area contributed by atoms with Crippen molar-refractivity contribution in [2.24, 2.45) is 0 Å². The molecule has 0 aromatic carbocycles. The van der Waals surface area contributed by atoms with Gasteiger partial charge in [-0.15, -0.1) is 0 Å². The maximum atomic E-state index is 12.3. The van der Waals surface area contributed by atoms with E-state index in [2.05, 4.69) is 10.2 Å². The number of carbonyl (C=O) groups is 1. The fourth-order valence-corrected chi connectivity index (χ4v) is 3.30. The van der Waals surface area contributed by atoms with Gasteiger partial charge in [-0.25, -0.2) is 13.2 Å². The van der Waals surface area contributed by atoms with Gasteiger partial charge in [0.15, 0.2) is 5.03 Å². The molecule has 106 valence electrons. The van der Waals surface area contributed by atoms with E-state index < -0.39 is 32.7 Å². The van der Waals surface area contributed by atoms with Gasteiger partial charge in [0.1, 0.15) is 5.56 Å². The molecule has 0 spiro atoms. The average Bonchev–Trinajstić information content (AvgIpc) is 2.89. The molecule has 2 rings (SSSR count). The van der Waals surface area contributed by atoms with Gasteiger partial charge in [0.25, 0.3) is 10.0 Å². The van der Waals surface area contributed by atoms with Crippen LogP contribution < -0.4 is 0 Å². The van der Waals surface area contributed by atoms with Gasteiger partial charge >= 0.3 is 5.97 Å². The van der Waals surface area contributed by atoms with E-state index in [-0.39, 0.29) is 26.3 Å². The number of morpholine rings is 1. The number of carboxylic acids is 1. The molecule has 9 nitrogen and oxygen atoms in total. The fraction of sp³-hybridized carbons (Fsp3) is 0.556. The average molecular weight is 291 g/mol. The Morgan fingerprint density at radius 3 is 3.00 bits per heavy atom. The second-order valence-corrected chi connectivity index (χ2v) is 5.83. The number of sulfonamides is 1. The van der Waals surface area contributed by atoms with Gasteiger partial charge in [0, 0.05) is 13.1 Å². The predicted molar refractivity (Wildman–Crippen MR) is 61.1 cm³/mol. The SMILES string of the molecule is O=C(O)c1cn[nH]c1S(=O)(=O)N1CCOC(CO)C1. The third-order valence-corrected chi connectivity index (χ3v) is 4.58. The summed E-state index contributed by atoms with van der Waals surface area (Å²) < 4.78 is 30.8. The number of nitrogens with zero attached hydrogens (tertiary/aromatic N) is 2. The maximum Gasteiger partial charge on any atom is 0.340 e. The van der Waals surface area contributed by atoms with Crippen LogP contribution in [0.1, 0.15) is 10.4 Å². The molecule has 1 fully saturated rings. The van der Waals surface area contributed by atoms with Crippen LogP contribution in [0.4, 0.5) is 0 Å². The minimum atomic E-state index is -3.99. The van der Waals surface area contributed by atoms with Gasteiger partial charge in [-0.2, -0.15) is 9.40 Å². The van der Waals surface area contributed by atoms with Crippen molar-refractivity contribution < 1.29 is 28.2 Å². The Balaban J connectivity index is 2.31. The zero-order valence-electron chi connectivity index (χ0n) is 9.81. The normalized spacial score (nSPS) is 21.4. The smallest absolute Gasteiger partial charge is 0.340 e. The third-order valence-electron chi connectivity index (χ3n) is 2.74. The quantitative estimate of drug-likeness (QED) is 0.614. The minimum Gasteiger partial charge on any atom is -0.478 e. The number of aromatic carboxylic acids is 1. The van der Waals surface area contributed by atoms with E-state index in [0.717, 1.165) is 10.5 Å². The van der Waals surface area contributed by atoms with Gasteiger partial charge in [0.2, 0.25) is 0 Å². The number of H-pyrrole nitrogens is 1. The summed E-state index contributed by atoms with van der Waals surface area (Å²) in [5.74, 6) is -1.38. The zero-order valence-corrected chi connectivity index (χ0v) is 10.6. The lowest BCUT2D eigenvalue weighted by molar-refractivity contribution is -0.0305. The molecule has 1 aliphatic heterocycles. The first-order chi connectivity index (χ1) is 8.96. The van der Waals surface area contributed by atoms with Crippen molar-refractivity contribution >= 4 is 16.0 Å². The summed E-state index contributed by atoms with van der Waals surface area (Å²) in [6, 6.07) is 0. The number of nitrogens with one attached hydrogen (secondary N) is 1. The van der Waals surface area contributed by atoms with E-state index in [0.29, 0.717) is 0 Å². The molecule has 0 amide bonds. The van der Waals surface area contributed by atoms with Crippen molar-refractivity contribution in [3.05, 3.63) is 11.8 Å². The highest BCUT2D eigenvalue weighted by molar-refractivity contribution is 7.89. The lowest BCUT2D eigenvalue weighted by Crippen LogP contribution is -2.47. The highest BCUT2D eigenvalue weighted by atomic mass is 32.2. The molecule has 19 heavy (non-hydrogen) atoms. The van der Waals surface area contributed by atoms with Gasteiger partial charge in [-0.1, -0.05) is 0 Å². The van der Waals surface area contributed by atoms with E-state index in [1.807, 2.05) is 0 Å². The van der Waals surface area contributed by atoms with E-state index in [1.54, 1.807) is 0 Å². The molecular weight excluding hydrogens is 278 g/mol. The van der Waals surface area contributed by atoms with Crippen molar-refractivity contribution in [1.29, 1.82) is 0 Å². The van der Waals surface area contributed by atoms with Crippen LogP contribution in [0.25, 0.3) is 0 Å². The van der Waals surface area contributed by atoms with E-state index in [9.17, 15) is 13.2 Å². The number of aromatic nitrogens is 2. The van der Waals surface area contributed by atoms with Crippen LogP contribution in [0.5, 0.6) is 0 Å². The first-order valence-corrected chi connectivity index (χ1v) is 6.90. The minimum absolute atomic E-state index is 0.0308. The number of aliphatic hydroxyl groups excluding tert-OH is 1. The summed E-state index contributed by atoms with van der Waals surface area (Å²) in [5, 5.41) is 23.1.